The number of rotatable bonds is 2. The average Bonchev–Trinajstić information content (AvgIpc) is 3.04. The number of anilines is 1. The Bertz CT molecular complexity index is 849. The van der Waals surface area contributed by atoms with Crippen LogP contribution in [0.5, 0.6) is 0 Å². The van der Waals surface area contributed by atoms with Gasteiger partial charge in [0.2, 0.25) is 0 Å². The minimum Gasteiger partial charge on any atom is -0.372 e. The van der Waals surface area contributed by atoms with Gasteiger partial charge in [-0.25, -0.2) is 0 Å². The number of fused-ring (bicyclic) bond motifs is 3. The molecule has 4 nitrogen and oxygen atoms in total. The number of hydrogen-bond acceptors (Lipinski definition) is 3. The van der Waals surface area contributed by atoms with Crippen LogP contribution in [0.1, 0.15) is 29.5 Å². The summed E-state index contributed by atoms with van der Waals surface area (Å²) >= 11 is 12.1. The summed E-state index contributed by atoms with van der Waals surface area (Å²) in [6.07, 6.45) is 5.19. The van der Waals surface area contributed by atoms with E-state index in [-0.39, 0.29) is 22.6 Å². The van der Waals surface area contributed by atoms with Gasteiger partial charge in [-0.1, -0.05) is 47.5 Å². The second-order valence-corrected chi connectivity index (χ2v) is 7.05. The van der Waals surface area contributed by atoms with E-state index in [1.54, 1.807) is 0 Å². The molecular formula is C18H14Cl2N2O2. The predicted octanol–water partition coefficient (Wildman–Crippen LogP) is 5.73. The van der Waals surface area contributed by atoms with Gasteiger partial charge < -0.3 is 5.32 Å². The fourth-order valence-corrected chi connectivity index (χ4v) is 4.14. The number of nitro groups is 1. The minimum absolute atomic E-state index is 0.00496. The van der Waals surface area contributed by atoms with Crippen LogP contribution in [-0.2, 0) is 0 Å². The summed E-state index contributed by atoms with van der Waals surface area (Å²) in [4.78, 5) is 11.1. The summed E-state index contributed by atoms with van der Waals surface area (Å²) in [6.45, 7) is 0. The van der Waals surface area contributed by atoms with E-state index in [4.69, 9.17) is 23.2 Å². The summed E-state index contributed by atoms with van der Waals surface area (Å²) in [7, 11) is 0. The van der Waals surface area contributed by atoms with Gasteiger partial charge in [0.25, 0.3) is 5.69 Å². The molecule has 0 amide bonds. The van der Waals surface area contributed by atoms with E-state index in [0.29, 0.717) is 21.7 Å². The van der Waals surface area contributed by atoms with Crippen molar-refractivity contribution >= 4 is 34.6 Å². The van der Waals surface area contributed by atoms with Gasteiger partial charge in [0, 0.05) is 22.0 Å². The van der Waals surface area contributed by atoms with Crippen LogP contribution in [-0.4, -0.2) is 4.92 Å². The minimum atomic E-state index is -0.379. The molecule has 0 unspecified atom stereocenters. The fourth-order valence-electron chi connectivity index (χ4n) is 3.79. The lowest BCUT2D eigenvalue weighted by atomic mass is 9.77. The maximum Gasteiger partial charge on any atom is 0.294 e. The van der Waals surface area contributed by atoms with Gasteiger partial charge in [-0.05, 0) is 41.7 Å². The van der Waals surface area contributed by atoms with Crippen LogP contribution in [0.4, 0.5) is 11.4 Å². The normalized spacial score (nSPS) is 24.2. The molecule has 4 rings (SSSR count). The van der Waals surface area contributed by atoms with Gasteiger partial charge in [0.05, 0.1) is 11.0 Å². The Morgan fingerprint density at radius 2 is 1.88 bits per heavy atom. The first-order valence-corrected chi connectivity index (χ1v) is 8.46. The zero-order valence-corrected chi connectivity index (χ0v) is 14.1. The van der Waals surface area contributed by atoms with Crippen molar-refractivity contribution in [2.45, 2.75) is 18.4 Å². The molecule has 0 spiro atoms. The summed E-state index contributed by atoms with van der Waals surface area (Å²) in [5, 5.41) is 15.9. The monoisotopic (exact) mass is 360 g/mol. The zero-order chi connectivity index (χ0) is 16.8. The summed E-state index contributed by atoms with van der Waals surface area (Å²) in [5.41, 5.74) is 2.57. The van der Waals surface area contributed by atoms with Crippen LogP contribution in [0, 0.1) is 16.0 Å². The predicted molar refractivity (Wildman–Crippen MR) is 95.9 cm³/mol. The third-order valence-corrected chi connectivity index (χ3v) is 5.31. The van der Waals surface area contributed by atoms with Crippen molar-refractivity contribution in [1.29, 1.82) is 0 Å². The van der Waals surface area contributed by atoms with Gasteiger partial charge in [0.15, 0.2) is 0 Å². The zero-order valence-electron chi connectivity index (χ0n) is 12.6. The first-order chi connectivity index (χ1) is 11.5. The Morgan fingerprint density at radius 1 is 1.12 bits per heavy atom. The van der Waals surface area contributed by atoms with Gasteiger partial charge in [-0.2, -0.15) is 0 Å². The van der Waals surface area contributed by atoms with Crippen LogP contribution in [0.3, 0.4) is 0 Å². The Kier molecular flexibility index (Phi) is 3.74. The second-order valence-electron chi connectivity index (χ2n) is 6.17. The number of benzene rings is 2. The molecule has 1 heterocycles. The molecule has 2 aliphatic rings. The van der Waals surface area contributed by atoms with E-state index in [0.717, 1.165) is 17.5 Å². The second kappa shape index (κ2) is 5.80. The molecule has 0 radical (unpaired) electrons. The van der Waals surface area contributed by atoms with E-state index >= 15 is 0 Å². The highest BCUT2D eigenvalue weighted by Gasteiger charge is 2.40. The smallest absolute Gasteiger partial charge is 0.294 e. The molecule has 0 fully saturated rings. The molecule has 2 aromatic carbocycles. The number of nitrogens with one attached hydrogen (secondary N) is 1. The van der Waals surface area contributed by atoms with E-state index < -0.39 is 0 Å². The lowest BCUT2D eigenvalue weighted by Crippen LogP contribution is -2.29. The fraction of sp³-hybridized carbons (Fsp3) is 0.222. The summed E-state index contributed by atoms with van der Waals surface area (Å²) in [5.74, 6) is 0.427. The Balaban J connectivity index is 1.86. The number of allylic oxidation sites excluding steroid dienone is 2. The molecule has 6 heteroatoms. The largest absolute Gasteiger partial charge is 0.372 e. The highest BCUT2D eigenvalue weighted by Crippen LogP contribution is 2.52. The Morgan fingerprint density at radius 3 is 2.58 bits per heavy atom. The molecule has 3 atom stereocenters. The number of halogens is 2. The van der Waals surface area contributed by atoms with Crippen molar-refractivity contribution in [1.82, 2.24) is 0 Å². The topological polar surface area (TPSA) is 55.2 Å². The molecule has 0 bridgehead atoms. The molecule has 122 valence electrons. The van der Waals surface area contributed by atoms with Crippen LogP contribution < -0.4 is 5.32 Å². The first kappa shape index (κ1) is 15.5. The maximum atomic E-state index is 11.5. The molecule has 2 aromatic rings. The standard InChI is InChI=1S/C18H14Cl2N2O2/c19-11-6-4-10(5-7-11)17-14-3-1-2-13(14)15-8-12(20)9-16(22(23)24)18(15)21-17/h1-2,4-9,13-14,17,21H,3H2/t13-,14+,17+/m1/s1. The van der Waals surface area contributed by atoms with Crippen LogP contribution in [0.2, 0.25) is 10.0 Å². The highest BCUT2D eigenvalue weighted by atomic mass is 35.5. The molecule has 0 aromatic heterocycles. The van der Waals surface area contributed by atoms with E-state index in [1.807, 2.05) is 30.3 Å². The van der Waals surface area contributed by atoms with Crippen molar-refractivity contribution in [2.24, 2.45) is 5.92 Å². The van der Waals surface area contributed by atoms with Gasteiger partial charge in [-0.15, -0.1) is 0 Å². The van der Waals surface area contributed by atoms with Crippen molar-refractivity contribution in [3.63, 3.8) is 0 Å². The third-order valence-electron chi connectivity index (χ3n) is 4.84. The number of hydrogen-bond donors (Lipinski definition) is 1. The molecule has 1 aliphatic heterocycles. The SMILES string of the molecule is O=[N+]([O-])c1cc(Cl)cc2c1N[C@@H](c1ccc(Cl)cc1)[C@H]1CC=C[C@@H]21. The molecular weight excluding hydrogens is 347 g/mol. The van der Waals surface area contributed by atoms with E-state index in [1.165, 1.54) is 6.07 Å². The van der Waals surface area contributed by atoms with Gasteiger partial charge in [-0.3, -0.25) is 10.1 Å². The Hall–Kier alpha value is -2.04. The lowest BCUT2D eigenvalue weighted by molar-refractivity contribution is -0.384. The van der Waals surface area contributed by atoms with Crippen LogP contribution in [0.15, 0.2) is 48.6 Å². The van der Waals surface area contributed by atoms with Crippen LogP contribution in [0.25, 0.3) is 0 Å². The van der Waals surface area contributed by atoms with Gasteiger partial charge in [0.1, 0.15) is 5.69 Å². The summed E-state index contributed by atoms with van der Waals surface area (Å²) in [6, 6.07) is 10.9. The lowest BCUT2D eigenvalue weighted by Gasteiger charge is -2.37. The molecule has 1 N–H and O–H groups in total. The highest BCUT2D eigenvalue weighted by molar-refractivity contribution is 6.31. The van der Waals surface area contributed by atoms with Crippen molar-refractivity contribution in [2.75, 3.05) is 5.32 Å². The van der Waals surface area contributed by atoms with Crippen molar-refractivity contribution in [3.05, 3.63) is 79.8 Å². The van der Waals surface area contributed by atoms with Crippen molar-refractivity contribution in [3.8, 4) is 0 Å². The number of nitro benzene ring substituents is 1. The average molecular weight is 361 g/mol. The summed E-state index contributed by atoms with van der Waals surface area (Å²) < 4.78 is 0. The van der Waals surface area contributed by atoms with Crippen LogP contribution >= 0.6 is 23.2 Å². The third kappa shape index (κ3) is 2.46. The molecule has 0 saturated carbocycles. The number of nitrogens with zero attached hydrogens (tertiary/aromatic N) is 1. The quantitative estimate of drug-likeness (QED) is 0.422. The molecule has 24 heavy (non-hydrogen) atoms. The molecule has 1 aliphatic carbocycles. The Labute approximate surface area is 149 Å². The van der Waals surface area contributed by atoms with E-state index in [9.17, 15) is 10.1 Å². The maximum absolute atomic E-state index is 11.5. The first-order valence-electron chi connectivity index (χ1n) is 7.71. The molecule has 0 saturated heterocycles. The van der Waals surface area contributed by atoms with Crippen molar-refractivity contribution < 1.29 is 4.92 Å². The van der Waals surface area contributed by atoms with E-state index in [2.05, 4.69) is 17.5 Å². The van der Waals surface area contributed by atoms with Gasteiger partial charge >= 0.3 is 0 Å².